The van der Waals surface area contributed by atoms with Crippen LogP contribution in [-0.4, -0.2) is 12.8 Å². The molecule has 1 saturated carbocycles. The van der Waals surface area contributed by atoms with Crippen LogP contribution in [0.1, 0.15) is 69.9 Å². The van der Waals surface area contributed by atoms with Crippen molar-refractivity contribution in [2.45, 2.75) is 65.2 Å². The number of aliphatic imine (C=N–C) groups is 1. The van der Waals surface area contributed by atoms with E-state index < -0.39 is 11.6 Å². The van der Waals surface area contributed by atoms with Gasteiger partial charge in [0.05, 0.1) is 0 Å². The molecular formula is C27H34F2N2. The van der Waals surface area contributed by atoms with Gasteiger partial charge in [-0.15, -0.1) is 0 Å². The number of fused-ring (bicyclic) bond motifs is 1. The maximum Gasteiger partial charge on any atom is 0.159 e. The van der Waals surface area contributed by atoms with E-state index in [0.29, 0.717) is 6.42 Å². The molecule has 2 aliphatic carbocycles. The lowest BCUT2D eigenvalue weighted by molar-refractivity contribution is 0.338. The monoisotopic (exact) mass is 424 g/mol. The van der Waals surface area contributed by atoms with Gasteiger partial charge in [-0.3, -0.25) is 4.99 Å². The minimum atomic E-state index is -0.756. The van der Waals surface area contributed by atoms with Crippen molar-refractivity contribution in [3.05, 3.63) is 82.7 Å². The average molecular weight is 425 g/mol. The molecule has 1 aromatic carbocycles. The molecule has 3 rings (SSSR count). The molecule has 1 atom stereocenters. The van der Waals surface area contributed by atoms with E-state index in [1.165, 1.54) is 23.3 Å². The first kappa shape index (κ1) is 23.2. The molecule has 0 bridgehead atoms. The van der Waals surface area contributed by atoms with Crippen molar-refractivity contribution in [1.29, 1.82) is 0 Å². The van der Waals surface area contributed by atoms with Crippen LogP contribution in [0.25, 0.3) is 0 Å². The predicted octanol–water partition coefficient (Wildman–Crippen LogP) is 7.16. The van der Waals surface area contributed by atoms with Gasteiger partial charge in [0.2, 0.25) is 0 Å². The molecule has 1 aromatic rings. The third kappa shape index (κ3) is 5.23. The van der Waals surface area contributed by atoms with Crippen molar-refractivity contribution in [3.63, 3.8) is 0 Å². The maximum atomic E-state index is 14.0. The van der Waals surface area contributed by atoms with Gasteiger partial charge in [-0.2, -0.15) is 0 Å². The Morgan fingerprint density at radius 2 is 1.84 bits per heavy atom. The first-order valence-corrected chi connectivity index (χ1v) is 11.0. The van der Waals surface area contributed by atoms with E-state index in [1.54, 1.807) is 0 Å². The standard InChI is InChI=1S/C27H34F2N2/c1-17(2)22(20(5)30-6)9-7-8-18(3)31-19(4)14-24-23-16-26(29)25(28)15-21(23)10-11-27(24)12-13-27/h7-8,15-16,24,31H,3-4,9-14H2,1-2,5-6H3/b8-7-,30-20-. The van der Waals surface area contributed by atoms with Gasteiger partial charge in [0.15, 0.2) is 11.6 Å². The van der Waals surface area contributed by atoms with Crippen molar-refractivity contribution in [2.24, 2.45) is 10.4 Å². The number of aryl methyl sites for hydroxylation is 1. The van der Waals surface area contributed by atoms with Gasteiger partial charge in [-0.05, 0) is 106 Å². The molecule has 0 amide bonds. The number of rotatable bonds is 8. The molecule has 0 aliphatic heterocycles. The number of halogens is 2. The molecule has 0 saturated heterocycles. The summed E-state index contributed by atoms with van der Waals surface area (Å²) in [6.07, 6.45) is 9.69. The van der Waals surface area contributed by atoms with E-state index in [-0.39, 0.29) is 11.3 Å². The molecule has 31 heavy (non-hydrogen) atoms. The van der Waals surface area contributed by atoms with Gasteiger partial charge < -0.3 is 5.32 Å². The summed E-state index contributed by atoms with van der Waals surface area (Å²) in [7, 11) is 1.81. The van der Waals surface area contributed by atoms with Crippen LogP contribution >= 0.6 is 0 Å². The van der Waals surface area contributed by atoms with Crippen LogP contribution in [0, 0.1) is 17.0 Å². The van der Waals surface area contributed by atoms with Crippen LogP contribution in [0.2, 0.25) is 0 Å². The van der Waals surface area contributed by atoms with Gasteiger partial charge in [-0.1, -0.05) is 24.8 Å². The summed E-state index contributed by atoms with van der Waals surface area (Å²) in [5.41, 5.74) is 7.27. The summed E-state index contributed by atoms with van der Waals surface area (Å²) in [6.45, 7) is 14.5. The number of hydrogen-bond donors (Lipinski definition) is 1. The Balaban J connectivity index is 1.65. The lowest BCUT2D eigenvalue weighted by Gasteiger charge is -2.35. The molecule has 0 radical (unpaired) electrons. The molecule has 1 unspecified atom stereocenters. The van der Waals surface area contributed by atoms with Crippen molar-refractivity contribution in [2.75, 3.05) is 7.05 Å². The molecular weight excluding hydrogens is 390 g/mol. The van der Waals surface area contributed by atoms with Gasteiger partial charge in [-0.25, -0.2) is 8.78 Å². The summed E-state index contributed by atoms with van der Waals surface area (Å²) >= 11 is 0. The van der Waals surface area contributed by atoms with Gasteiger partial charge in [0, 0.05) is 24.2 Å². The van der Waals surface area contributed by atoms with E-state index in [0.717, 1.165) is 60.3 Å². The normalized spacial score (nSPS) is 19.3. The van der Waals surface area contributed by atoms with Crippen LogP contribution < -0.4 is 5.32 Å². The Hall–Kier alpha value is -2.49. The molecule has 1 fully saturated rings. The second-order valence-electron chi connectivity index (χ2n) is 9.23. The smallest absolute Gasteiger partial charge is 0.159 e. The molecule has 1 N–H and O–H groups in total. The minimum Gasteiger partial charge on any atom is -0.360 e. The number of nitrogens with one attached hydrogen (secondary N) is 1. The van der Waals surface area contributed by atoms with Crippen LogP contribution in [-0.2, 0) is 6.42 Å². The Kier molecular flexibility index (Phi) is 6.98. The van der Waals surface area contributed by atoms with Gasteiger partial charge in [0.25, 0.3) is 0 Å². The molecule has 4 heteroatoms. The second kappa shape index (κ2) is 9.33. The Morgan fingerprint density at radius 3 is 2.45 bits per heavy atom. The Labute approximate surface area is 185 Å². The highest BCUT2D eigenvalue weighted by molar-refractivity contribution is 5.98. The highest BCUT2D eigenvalue weighted by Crippen LogP contribution is 2.63. The van der Waals surface area contributed by atoms with Crippen molar-refractivity contribution in [3.8, 4) is 0 Å². The SMILES string of the molecule is C=C(/C=C\CC(=C(C)C)/C(C)=N\C)NC(=C)CC1c2cc(F)c(F)cc2CCC12CC2. The molecule has 2 nitrogen and oxygen atoms in total. The van der Waals surface area contributed by atoms with E-state index in [2.05, 4.69) is 43.4 Å². The first-order valence-electron chi connectivity index (χ1n) is 11.0. The Morgan fingerprint density at radius 1 is 1.16 bits per heavy atom. The summed E-state index contributed by atoms with van der Waals surface area (Å²) < 4.78 is 27.7. The summed E-state index contributed by atoms with van der Waals surface area (Å²) in [6, 6.07) is 2.79. The number of nitrogens with zero attached hydrogens (tertiary/aromatic N) is 1. The van der Waals surface area contributed by atoms with Gasteiger partial charge >= 0.3 is 0 Å². The lowest BCUT2D eigenvalue weighted by atomic mass is 9.70. The fourth-order valence-corrected chi connectivity index (χ4v) is 4.85. The summed E-state index contributed by atoms with van der Waals surface area (Å²) in [5.74, 6) is -1.34. The van der Waals surface area contributed by atoms with Crippen molar-refractivity contribution >= 4 is 5.71 Å². The fraction of sp³-hybridized carbons (Fsp3) is 0.444. The van der Waals surface area contributed by atoms with Crippen LogP contribution in [0.15, 0.2) is 65.0 Å². The Bertz CT molecular complexity index is 973. The zero-order valence-corrected chi connectivity index (χ0v) is 19.2. The van der Waals surface area contributed by atoms with Crippen molar-refractivity contribution in [1.82, 2.24) is 5.32 Å². The molecule has 166 valence electrons. The molecule has 0 heterocycles. The highest BCUT2D eigenvalue weighted by Gasteiger charge is 2.51. The quantitative estimate of drug-likeness (QED) is 0.348. The topological polar surface area (TPSA) is 24.4 Å². The summed E-state index contributed by atoms with van der Waals surface area (Å²) in [4.78, 5) is 4.29. The number of allylic oxidation sites excluding steroid dienone is 5. The van der Waals surface area contributed by atoms with Gasteiger partial charge in [0.1, 0.15) is 0 Å². The average Bonchev–Trinajstić information content (AvgIpc) is 3.49. The van der Waals surface area contributed by atoms with Crippen LogP contribution in [0.4, 0.5) is 8.78 Å². The fourth-order valence-electron chi connectivity index (χ4n) is 4.85. The highest BCUT2D eigenvalue weighted by atomic mass is 19.2. The largest absolute Gasteiger partial charge is 0.360 e. The van der Waals surface area contributed by atoms with Crippen LogP contribution in [0.5, 0.6) is 0 Å². The summed E-state index contributed by atoms with van der Waals surface area (Å²) in [5, 5.41) is 3.31. The van der Waals surface area contributed by atoms with E-state index in [4.69, 9.17) is 0 Å². The molecule has 2 aliphatic rings. The van der Waals surface area contributed by atoms with E-state index in [9.17, 15) is 8.78 Å². The lowest BCUT2D eigenvalue weighted by Crippen LogP contribution is -2.25. The molecule has 0 aromatic heterocycles. The minimum absolute atomic E-state index is 0.170. The first-order chi connectivity index (χ1) is 14.7. The third-order valence-corrected chi connectivity index (χ3v) is 6.89. The van der Waals surface area contributed by atoms with Crippen molar-refractivity contribution < 1.29 is 8.78 Å². The van der Waals surface area contributed by atoms with E-state index >= 15 is 0 Å². The number of benzene rings is 1. The second-order valence-corrected chi connectivity index (χ2v) is 9.23. The number of hydrogen-bond acceptors (Lipinski definition) is 2. The molecule has 1 spiro atoms. The maximum absolute atomic E-state index is 14.0. The predicted molar refractivity (Wildman–Crippen MR) is 126 cm³/mol. The zero-order chi connectivity index (χ0) is 22.8. The third-order valence-electron chi connectivity index (χ3n) is 6.89. The van der Waals surface area contributed by atoms with Crippen LogP contribution in [0.3, 0.4) is 0 Å². The van der Waals surface area contributed by atoms with E-state index in [1.807, 2.05) is 20.0 Å². The zero-order valence-electron chi connectivity index (χ0n) is 19.2.